The summed E-state index contributed by atoms with van der Waals surface area (Å²) in [4.78, 5) is 27.1. The fraction of sp³-hybridized carbons (Fsp3) is 0.133. The summed E-state index contributed by atoms with van der Waals surface area (Å²) >= 11 is 11.7. The van der Waals surface area contributed by atoms with Crippen LogP contribution >= 0.6 is 23.2 Å². The lowest BCUT2D eigenvalue weighted by Gasteiger charge is -2.09. The SMILES string of the molecule is COC(=O)c1cncc(NC(=O)COc2ccc(Cl)cc2Cl)c1. The molecule has 1 amide bonds. The normalized spacial score (nSPS) is 10.0. The molecule has 0 saturated heterocycles. The molecule has 1 heterocycles. The number of ether oxygens (including phenoxy) is 2. The zero-order chi connectivity index (χ0) is 16.8. The number of benzene rings is 1. The van der Waals surface area contributed by atoms with Crippen molar-refractivity contribution in [3.8, 4) is 5.75 Å². The van der Waals surface area contributed by atoms with Gasteiger partial charge in [0.1, 0.15) is 5.75 Å². The second-order valence-corrected chi connectivity index (χ2v) is 5.21. The Balaban J connectivity index is 1.96. The number of halogens is 2. The smallest absolute Gasteiger partial charge is 0.339 e. The largest absolute Gasteiger partial charge is 0.482 e. The van der Waals surface area contributed by atoms with Crippen LogP contribution in [0.25, 0.3) is 0 Å². The van der Waals surface area contributed by atoms with Crippen molar-refractivity contribution in [2.75, 3.05) is 19.0 Å². The predicted molar refractivity (Wildman–Crippen MR) is 86.2 cm³/mol. The summed E-state index contributed by atoms with van der Waals surface area (Å²) in [5, 5.41) is 3.33. The Hall–Kier alpha value is -2.31. The molecule has 0 saturated carbocycles. The second kappa shape index (κ2) is 7.80. The van der Waals surface area contributed by atoms with E-state index in [-0.39, 0.29) is 12.2 Å². The van der Waals surface area contributed by atoms with Crippen molar-refractivity contribution >= 4 is 40.8 Å². The highest BCUT2D eigenvalue weighted by molar-refractivity contribution is 6.35. The first-order valence-electron chi connectivity index (χ1n) is 6.40. The maximum atomic E-state index is 11.9. The number of hydrogen-bond donors (Lipinski definition) is 1. The number of nitrogens with zero attached hydrogens (tertiary/aromatic N) is 1. The molecular weight excluding hydrogens is 343 g/mol. The van der Waals surface area contributed by atoms with Crippen LogP contribution in [-0.2, 0) is 9.53 Å². The number of methoxy groups -OCH3 is 1. The second-order valence-electron chi connectivity index (χ2n) is 4.37. The van der Waals surface area contributed by atoms with Crippen LogP contribution in [0.3, 0.4) is 0 Å². The van der Waals surface area contributed by atoms with Crippen LogP contribution < -0.4 is 10.1 Å². The quantitative estimate of drug-likeness (QED) is 0.834. The highest BCUT2D eigenvalue weighted by Gasteiger charge is 2.10. The van der Waals surface area contributed by atoms with Gasteiger partial charge >= 0.3 is 5.97 Å². The van der Waals surface area contributed by atoms with Crippen molar-refractivity contribution < 1.29 is 19.1 Å². The van der Waals surface area contributed by atoms with Gasteiger partial charge in [0.05, 0.1) is 29.6 Å². The Bertz CT molecular complexity index is 737. The molecule has 0 fully saturated rings. The number of carbonyl (C=O) groups is 2. The topological polar surface area (TPSA) is 77.5 Å². The van der Waals surface area contributed by atoms with E-state index in [1.165, 1.54) is 31.6 Å². The number of hydrogen-bond acceptors (Lipinski definition) is 5. The summed E-state index contributed by atoms with van der Waals surface area (Å²) in [5.74, 6) is -0.634. The van der Waals surface area contributed by atoms with Gasteiger partial charge in [0, 0.05) is 11.2 Å². The molecule has 0 bridgehead atoms. The minimum absolute atomic E-state index is 0.229. The monoisotopic (exact) mass is 354 g/mol. The van der Waals surface area contributed by atoms with Gasteiger partial charge in [-0.15, -0.1) is 0 Å². The van der Waals surface area contributed by atoms with Crippen LogP contribution in [0.5, 0.6) is 5.75 Å². The molecule has 0 atom stereocenters. The van der Waals surface area contributed by atoms with Crippen molar-refractivity contribution in [1.82, 2.24) is 4.98 Å². The molecule has 6 nitrogen and oxygen atoms in total. The Morgan fingerprint density at radius 1 is 1.22 bits per heavy atom. The van der Waals surface area contributed by atoms with Crippen LogP contribution in [0.4, 0.5) is 5.69 Å². The van der Waals surface area contributed by atoms with E-state index in [0.717, 1.165) is 0 Å². The molecule has 120 valence electrons. The third-order valence-corrected chi connectivity index (χ3v) is 3.23. The number of anilines is 1. The highest BCUT2D eigenvalue weighted by atomic mass is 35.5. The molecule has 0 spiro atoms. The summed E-state index contributed by atoms with van der Waals surface area (Å²) in [6, 6.07) is 6.13. The predicted octanol–water partition coefficient (Wildman–Crippen LogP) is 3.19. The van der Waals surface area contributed by atoms with Crippen LogP contribution in [0.1, 0.15) is 10.4 Å². The first kappa shape index (κ1) is 17.1. The summed E-state index contributed by atoms with van der Waals surface area (Å²) in [6.45, 7) is -0.260. The van der Waals surface area contributed by atoms with Crippen LogP contribution in [0.2, 0.25) is 10.0 Å². The molecule has 0 radical (unpaired) electrons. The third-order valence-electron chi connectivity index (χ3n) is 2.70. The fourth-order valence-corrected chi connectivity index (χ4v) is 2.13. The van der Waals surface area contributed by atoms with E-state index in [1.807, 2.05) is 0 Å². The van der Waals surface area contributed by atoms with Crippen molar-refractivity contribution in [3.63, 3.8) is 0 Å². The molecule has 1 aromatic heterocycles. The van der Waals surface area contributed by atoms with Crippen LogP contribution in [-0.4, -0.2) is 30.6 Å². The summed E-state index contributed by atoms with van der Waals surface area (Å²) in [7, 11) is 1.26. The van der Waals surface area contributed by atoms with Crippen molar-refractivity contribution in [2.24, 2.45) is 0 Å². The zero-order valence-corrected chi connectivity index (χ0v) is 13.5. The number of rotatable bonds is 5. The van der Waals surface area contributed by atoms with Gasteiger partial charge in [0.25, 0.3) is 5.91 Å². The summed E-state index contributed by atoms with van der Waals surface area (Å²) in [6.07, 6.45) is 2.74. The lowest BCUT2D eigenvalue weighted by molar-refractivity contribution is -0.118. The molecule has 0 aliphatic heterocycles. The maximum absolute atomic E-state index is 11.9. The standard InChI is InChI=1S/C15H12Cl2N2O4/c1-22-15(21)9-4-11(7-18-6-9)19-14(20)8-23-13-3-2-10(16)5-12(13)17/h2-7H,8H2,1H3,(H,19,20). The Morgan fingerprint density at radius 3 is 2.70 bits per heavy atom. The molecule has 23 heavy (non-hydrogen) atoms. The zero-order valence-electron chi connectivity index (χ0n) is 12.0. The number of amides is 1. The molecule has 0 unspecified atom stereocenters. The molecule has 0 aliphatic rings. The maximum Gasteiger partial charge on any atom is 0.339 e. The van der Waals surface area contributed by atoms with Gasteiger partial charge in [-0.05, 0) is 24.3 Å². The van der Waals surface area contributed by atoms with Gasteiger partial charge in [-0.25, -0.2) is 4.79 Å². The van der Waals surface area contributed by atoms with E-state index in [2.05, 4.69) is 15.0 Å². The van der Waals surface area contributed by atoms with Crippen molar-refractivity contribution in [1.29, 1.82) is 0 Å². The Kier molecular flexibility index (Phi) is 5.78. The number of carbonyl (C=O) groups excluding carboxylic acids is 2. The number of pyridine rings is 1. The molecule has 1 N–H and O–H groups in total. The molecular formula is C15H12Cl2N2O4. The van der Waals surface area contributed by atoms with Gasteiger partial charge in [0.15, 0.2) is 6.61 Å². The first-order valence-corrected chi connectivity index (χ1v) is 7.16. The molecule has 8 heteroatoms. The van der Waals surface area contributed by atoms with Crippen LogP contribution in [0.15, 0.2) is 36.7 Å². The van der Waals surface area contributed by atoms with E-state index in [9.17, 15) is 9.59 Å². The Morgan fingerprint density at radius 2 is 2.00 bits per heavy atom. The first-order chi connectivity index (χ1) is 11.0. The average Bonchev–Trinajstić information content (AvgIpc) is 2.53. The number of esters is 1. The summed E-state index contributed by atoms with van der Waals surface area (Å²) in [5.41, 5.74) is 0.579. The van der Waals surface area contributed by atoms with E-state index >= 15 is 0 Å². The van der Waals surface area contributed by atoms with Gasteiger partial charge in [0.2, 0.25) is 0 Å². The Labute approximate surface area is 142 Å². The molecule has 2 aromatic rings. The van der Waals surface area contributed by atoms with E-state index in [4.69, 9.17) is 27.9 Å². The number of nitrogens with one attached hydrogen (secondary N) is 1. The van der Waals surface area contributed by atoms with Gasteiger partial charge in [-0.2, -0.15) is 0 Å². The molecule has 0 aliphatic carbocycles. The minimum atomic E-state index is -0.544. The van der Waals surface area contributed by atoms with Crippen molar-refractivity contribution in [2.45, 2.75) is 0 Å². The van der Waals surface area contributed by atoms with Crippen LogP contribution in [0, 0.1) is 0 Å². The average molecular weight is 355 g/mol. The summed E-state index contributed by atoms with van der Waals surface area (Å²) < 4.78 is 9.89. The lowest BCUT2D eigenvalue weighted by atomic mass is 10.2. The highest BCUT2D eigenvalue weighted by Crippen LogP contribution is 2.27. The molecule has 1 aromatic carbocycles. The van der Waals surface area contributed by atoms with Gasteiger partial charge < -0.3 is 14.8 Å². The lowest BCUT2D eigenvalue weighted by Crippen LogP contribution is -2.20. The fourth-order valence-electron chi connectivity index (χ4n) is 1.67. The minimum Gasteiger partial charge on any atom is -0.482 e. The van der Waals surface area contributed by atoms with E-state index in [1.54, 1.807) is 12.1 Å². The number of aromatic nitrogens is 1. The molecule has 2 rings (SSSR count). The van der Waals surface area contributed by atoms with Crippen molar-refractivity contribution in [3.05, 3.63) is 52.3 Å². The van der Waals surface area contributed by atoms with Gasteiger partial charge in [-0.1, -0.05) is 23.2 Å². The van der Waals surface area contributed by atoms with E-state index in [0.29, 0.717) is 21.5 Å². The van der Waals surface area contributed by atoms with E-state index < -0.39 is 11.9 Å². The third kappa shape index (κ3) is 4.84. The van der Waals surface area contributed by atoms with Gasteiger partial charge in [-0.3, -0.25) is 9.78 Å².